The first kappa shape index (κ1) is 15.4. The summed E-state index contributed by atoms with van der Waals surface area (Å²) in [5.74, 6) is 0.828. The Balaban J connectivity index is 1.69. The van der Waals surface area contributed by atoms with E-state index in [1.54, 1.807) is 4.90 Å². The highest BCUT2D eigenvalue weighted by Gasteiger charge is 2.25. The van der Waals surface area contributed by atoms with E-state index in [0.29, 0.717) is 12.5 Å². The maximum Gasteiger partial charge on any atom is 0.317 e. The number of nitrogens with zero attached hydrogens (tertiary/aromatic N) is 1. The van der Waals surface area contributed by atoms with Gasteiger partial charge in [0.05, 0.1) is 6.10 Å². The molecule has 2 N–H and O–H groups in total. The quantitative estimate of drug-likeness (QED) is 0.778. The van der Waals surface area contributed by atoms with Crippen molar-refractivity contribution in [2.24, 2.45) is 11.8 Å². The normalized spacial score (nSPS) is 30.0. The van der Waals surface area contributed by atoms with Crippen LogP contribution in [0.3, 0.4) is 0 Å². The average molecular weight is 280 g/mol. The number of rotatable bonds is 4. The van der Waals surface area contributed by atoms with Crippen LogP contribution in [0.4, 0.5) is 4.79 Å². The third-order valence-electron chi connectivity index (χ3n) is 4.64. The third-order valence-corrected chi connectivity index (χ3v) is 4.64. The fourth-order valence-electron chi connectivity index (χ4n) is 3.24. The fourth-order valence-corrected chi connectivity index (χ4v) is 3.24. The molecule has 2 aliphatic rings. The van der Waals surface area contributed by atoms with Crippen molar-refractivity contribution in [2.75, 3.05) is 20.1 Å². The van der Waals surface area contributed by atoms with Crippen molar-refractivity contribution < 1.29 is 9.90 Å². The second-order valence-electron chi connectivity index (χ2n) is 6.33. The Bertz CT molecular complexity index is 343. The second-order valence-corrected chi connectivity index (χ2v) is 6.33. The van der Waals surface area contributed by atoms with Gasteiger partial charge >= 0.3 is 6.03 Å². The molecule has 0 radical (unpaired) electrons. The number of aliphatic hydroxyl groups is 1. The summed E-state index contributed by atoms with van der Waals surface area (Å²) in [4.78, 5) is 13.8. The van der Waals surface area contributed by atoms with Gasteiger partial charge in [-0.05, 0) is 38.0 Å². The Morgan fingerprint density at radius 1 is 1.30 bits per heavy atom. The molecular weight excluding hydrogens is 252 g/mol. The largest absolute Gasteiger partial charge is 0.393 e. The monoisotopic (exact) mass is 280 g/mol. The number of aliphatic hydroxyl groups excluding tert-OH is 1. The van der Waals surface area contributed by atoms with Crippen molar-refractivity contribution in [1.82, 2.24) is 10.2 Å². The summed E-state index contributed by atoms with van der Waals surface area (Å²) < 4.78 is 0. The van der Waals surface area contributed by atoms with Crippen LogP contribution in [0.1, 0.15) is 44.9 Å². The molecular formula is C16H28N2O2. The molecule has 1 saturated carbocycles. The number of allylic oxidation sites excluding steroid dienone is 2. The molecule has 0 spiro atoms. The van der Waals surface area contributed by atoms with Gasteiger partial charge in [0, 0.05) is 26.1 Å². The predicted octanol–water partition coefficient (Wildman–Crippen LogP) is 2.54. The predicted molar refractivity (Wildman–Crippen MR) is 80.5 cm³/mol. The van der Waals surface area contributed by atoms with Crippen LogP contribution in [-0.2, 0) is 0 Å². The molecule has 1 fully saturated rings. The number of amides is 2. The molecule has 4 nitrogen and oxygen atoms in total. The van der Waals surface area contributed by atoms with Crippen LogP contribution in [0.2, 0.25) is 0 Å². The smallest absolute Gasteiger partial charge is 0.317 e. The number of carbonyl (C=O) groups excluding carboxylic acids is 1. The number of urea groups is 1. The van der Waals surface area contributed by atoms with Crippen molar-refractivity contribution >= 4 is 6.03 Å². The first-order chi connectivity index (χ1) is 9.66. The Labute approximate surface area is 122 Å². The highest BCUT2D eigenvalue weighted by atomic mass is 16.3. The average Bonchev–Trinajstić information content (AvgIpc) is 2.48. The van der Waals surface area contributed by atoms with Gasteiger partial charge in [0.25, 0.3) is 0 Å². The van der Waals surface area contributed by atoms with Gasteiger partial charge in [-0.3, -0.25) is 0 Å². The van der Waals surface area contributed by atoms with Gasteiger partial charge in [0.15, 0.2) is 0 Å². The van der Waals surface area contributed by atoms with Crippen LogP contribution in [0.25, 0.3) is 0 Å². The van der Waals surface area contributed by atoms with Gasteiger partial charge in [-0.1, -0.05) is 25.0 Å². The molecule has 2 amide bonds. The Kier molecular flexibility index (Phi) is 5.89. The van der Waals surface area contributed by atoms with E-state index in [2.05, 4.69) is 17.5 Å². The lowest BCUT2D eigenvalue weighted by molar-refractivity contribution is 0.0564. The molecule has 0 bridgehead atoms. The molecule has 0 heterocycles. The summed E-state index contributed by atoms with van der Waals surface area (Å²) in [6, 6.07) is -0.00248. The zero-order valence-corrected chi connectivity index (χ0v) is 12.6. The molecule has 0 aromatic carbocycles. The highest BCUT2D eigenvalue weighted by Crippen LogP contribution is 2.25. The summed E-state index contributed by atoms with van der Waals surface area (Å²) in [5, 5.41) is 13.0. The first-order valence-electron chi connectivity index (χ1n) is 7.99. The van der Waals surface area contributed by atoms with Crippen LogP contribution >= 0.6 is 0 Å². The van der Waals surface area contributed by atoms with Crippen LogP contribution in [0.15, 0.2) is 12.2 Å². The van der Waals surface area contributed by atoms with E-state index in [1.165, 1.54) is 12.8 Å². The summed E-state index contributed by atoms with van der Waals surface area (Å²) in [6.07, 6.45) is 11.8. The topological polar surface area (TPSA) is 52.6 Å². The van der Waals surface area contributed by atoms with Gasteiger partial charge in [-0.15, -0.1) is 0 Å². The highest BCUT2D eigenvalue weighted by molar-refractivity contribution is 5.73. The molecule has 20 heavy (non-hydrogen) atoms. The standard InChI is InChI=1S/C16H28N2O2/c1-18(12-14-9-5-6-10-15(14)19)16(20)17-11-13-7-3-2-4-8-13/h2-3,13-15,19H,4-12H2,1H3,(H,17,20)/t13-,14+,15+/m1/s1. The number of carbonyl (C=O) groups is 1. The molecule has 114 valence electrons. The number of hydrogen-bond donors (Lipinski definition) is 2. The van der Waals surface area contributed by atoms with Crippen LogP contribution in [-0.4, -0.2) is 42.3 Å². The van der Waals surface area contributed by atoms with E-state index >= 15 is 0 Å². The summed E-state index contributed by atoms with van der Waals surface area (Å²) in [5.41, 5.74) is 0. The van der Waals surface area contributed by atoms with Gasteiger partial charge in [0.2, 0.25) is 0 Å². The Morgan fingerprint density at radius 3 is 2.80 bits per heavy atom. The zero-order valence-electron chi connectivity index (χ0n) is 12.6. The maximum absolute atomic E-state index is 12.1. The first-order valence-corrected chi connectivity index (χ1v) is 7.99. The minimum atomic E-state index is -0.234. The van der Waals surface area contributed by atoms with Crippen LogP contribution in [0.5, 0.6) is 0 Å². The van der Waals surface area contributed by atoms with E-state index in [0.717, 1.165) is 38.6 Å². The summed E-state index contributed by atoms with van der Waals surface area (Å²) in [6.45, 7) is 1.43. The van der Waals surface area contributed by atoms with Crippen molar-refractivity contribution in [3.8, 4) is 0 Å². The van der Waals surface area contributed by atoms with Gasteiger partial charge < -0.3 is 15.3 Å². The number of nitrogens with one attached hydrogen (secondary N) is 1. The van der Waals surface area contributed by atoms with Crippen molar-refractivity contribution in [3.63, 3.8) is 0 Å². The molecule has 0 aromatic rings. The SMILES string of the molecule is CN(C[C@@H]1CCCC[C@@H]1O)C(=O)NC[C@@H]1CC=CCC1. The lowest BCUT2D eigenvalue weighted by atomic mass is 9.86. The molecule has 3 atom stereocenters. The minimum Gasteiger partial charge on any atom is -0.393 e. The molecule has 0 aromatic heterocycles. The molecule has 0 saturated heterocycles. The Hall–Kier alpha value is -1.03. The van der Waals surface area contributed by atoms with Crippen molar-refractivity contribution in [3.05, 3.63) is 12.2 Å². The van der Waals surface area contributed by atoms with E-state index in [1.807, 2.05) is 7.05 Å². The fraction of sp³-hybridized carbons (Fsp3) is 0.812. The van der Waals surface area contributed by atoms with Crippen LogP contribution in [0, 0.1) is 11.8 Å². The van der Waals surface area contributed by atoms with E-state index < -0.39 is 0 Å². The van der Waals surface area contributed by atoms with Gasteiger partial charge in [0.1, 0.15) is 0 Å². The summed E-state index contributed by atoms with van der Waals surface area (Å²) >= 11 is 0. The van der Waals surface area contributed by atoms with E-state index in [-0.39, 0.29) is 18.1 Å². The maximum atomic E-state index is 12.1. The van der Waals surface area contributed by atoms with Gasteiger partial charge in [-0.25, -0.2) is 4.79 Å². The molecule has 2 rings (SSSR count). The van der Waals surface area contributed by atoms with Crippen molar-refractivity contribution in [2.45, 2.75) is 51.0 Å². The molecule has 0 unspecified atom stereocenters. The number of hydrogen-bond acceptors (Lipinski definition) is 2. The Morgan fingerprint density at radius 2 is 2.10 bits per heavy atom. The summed E-state index contributed by atoms with van der Waals surface area (Å²) in [7, 11) is 1.83. The van der Waals surface area contributed by atoms with Gasteiger partial charge in [-0.2, -0.15) is 0 Å². The lowest BCUT2D eigenvalue weighted by Gasteiger charge is -2.31. The van der Waals surface area contributed by atoms with Crippen molar-refractivity contribution in [1.29, 1.82) is 0 Å². The zero-order chi connectivity index (χ0) is 14.4. The van der Waals surface area contributed by atoms with E-state index in [9.17, 15) is 9.90 Å². The lowest BCUT2D eigenvalue weighted by Crippen LogP contribution is -2.44. The molecule has 0 aliphatic heterocycles. The molecule has 2 aliphatic carbocycles. The van der Waals surface area contributed by atoms with E-state index in [4.69, 9.17) is 0 Å². The third kappa shape index (κ3) is 4.51. The van der Waals surface area contributed by atoms with Crippen LogP contribution < -0.4 is 5.32 Å². The molecule has 4 heteroatoms. The minimum absolute atomic E-state index is 0.00248. The second kappa shape index (κ2) is 7.67.